The molecule has 20 heavy (non-hydrogen) atoms. The fourth-order valence-corrected chi connectivity index (χ4v) is 3.23. The minimum Gasteiger partial charge on any atom is -0.118 e. The molecule has 0 bridgehead atoms. The maximum Gasteiger partial charge on any atom is 0.0587 e. The monoisotopic (exact) mass is 284 g/mol. The van der Waals surface area contributed by atoms with E-state index in [1.807, 2.05) is 0 Å². The van der Waals surface area contributed by atoms with E-state index in [0.29, 0.717) is 0 Å². The van der Waals surface area contributed by atoms with Crippen molar-refractivity contribution in [3.8, 4) is 0 Å². The van der Waals surface area contributed by atoms with Crippen molar-refractivity contribution in [2.45, 2.75) is 37.5 Å². The lowest BCUT2D eigenvalue weighted by atomic mass is 9.81. The highest BCUT2D eigenvalue weighted by Gasteiger charge is 2.21. The number of hydrogen-bond acceptors (Lipinski definition) is 0. The van der Waals surface area contributed by atoms with Crippen molar-refractivity contribution in [1.29, 1.82) is 0 Å². The van der Waals surface area contributed by atoms with Gasteiger partial charge in [0.05, 0.1) is 5.38 Å². The Morgan fingerprint density at radius 2 is 1.55 bits per heavy atom. The Kier molecular flexibility index (Phi) is 4.42. The molecule has 0 aromatic heterocycles. The van der Waals surface area contributed by atoms with Crippen molar-refractivity contribution in [2.75, 3.05) is 0 Å². The van der Waals surface area contributed by atoms with E-state index in [0.717, 1.165) is 18.8 Å². The standard InChI is InChI=1S/C19H21Cl/c20-19(14-16-7-4-8-16)18-11-9-17(10-12-18)13-15-5-2-1-3-6-15/h1-3,5-6,9-12,16,19H,4,7-8,13-14H2. The van der Waals surface area contributed by atoms with Gasteiger partial charge in [-0.05, 0) is 35.4 Å². The zero-order valence-corrected chi connectivity index (χ0v) is 12.5. The molecule has 3 rings (SSSR count). The Bertz CT molecular complexity index is 525. The van der Waals surface area contributed by atoms with Gasteiger partial charge in [-0.3, -0.25) is 0 Å². The molecule has 1 unspecified atom stereocenters. The van der Waals surface area contributed by atoms with Gasteiger partial charge in [-0.15, -0.1) is 11.6 Å². The molecule has 1 atom stereocenters. The van der Waals surface area contributed by atoms with Crippen LogP contribution in [-0.2, 0) is 6.42 Å². The molecule has 2 aromatic rings. The summed E-state index contributed by atoms with van der Waals surface area (Å²) in [5.74, 6) is 0.862. The largest absolute Gasteiger partial charge is 0.118 e. The van der Waals surface area contributed by atoms with E-state index in [1.54, 1.807) is 0 Å². The second-order valence-electron chi connectivity index (χ2n) is 5.90. The Morgan fingerprint density at radius 3 is 2.15 bits per heavy atom. The molecule has 0 aliphatic heterocycles. The van der Waals surface area contributed by atoms with Gasteiger partial charge in [0, 0.05) is 0 Å². The molecule has 0 spiro atoms. The van der Waals surface area contributed by atoms with Crippen LogP contribution in [0.2, 0.25) is 0 Å². The van der Waals surface area contributed by atoms with Crippen LogP contribution in [-0.4, -0.2) is 0 Å². The predicted octanol–water partition coefficient (Wildman–Crippen LogP) is 5.75. The molecule has 0 N–H and O–H groups in total. The summed E-state index contributed by atoms with van der Waals surface area (Å²) in [5.41, 5.74) is 3.99. The summed E-state index contributed by atoms with van der Waals surface area (Å²) < 4.78 is 0. The second kappa shape index (κ2) is 6.45. The molecule has 1 fully saturated rings. The van der Waals surface area contributed by atoms with Crippen molar-refractivity contribution < 1.29 is 0 Å². The van der Waals surface area contributed by atoms with E-state index in [-0.39, 0.29) is 5.38 Å². The molecule has 1 saturated carbocycles. The Morgan fingerprint density at radius 1 is 0.900 bits per heavy atom. The first-order chi connectivity index (χ1) is 9.81. The van der Waals surface area contributed by atoms with Gasteiger partial charge in [-0.2, -0.15) is 0 Å². The summed E-state index contributed by atoms with van der Waals surface area (Å²) in [6, 6.07) is 19.4. The van der Waals surface area contributed by atoms with Crippen molar-refractivity contribution >= 4 is 11.6 Å². The maximum absolute atomic E-state index is 6.53. The van der Waals surface area contributed by atoms with Gasteiger partial charge in [-0.1, -0.05) is 73.9 Å². The maximum atomic E-state index is 6.53. The molecular formula is C19H21Cl. The van der Waals surface area contributed by atoms with Crippen LogP contribution in [0.5, 0.6) is 0 Å². The third-order valence-electron chi connectivity index (χ3n) is 4.36. The Balaban J connectivity index is 1.61. The van der Waals surface area contributed by atoms with Gasteiger partial charge in [0.15, 0.2) is 0 Å². The van der Waals surface area contributed by atoms with Crippen LogP contribution in [0, 0.1) is 5.92 Å². The number of halogens is 1. The molecule has 1 aliphatic carbocycles. The molecule has 104 valence electrons. The van der Waals surface area contributed by atoms with E-state index in [2.05, 4.69) is 54.6 Å². The second-order valence-corrected chi connectivity index (χ2v) is 6.43. The lowest BCUT2D eigenvalue weighted by molar-refractivity contribution is 0.293. The van der Waals surface area contributed by atoms with Crippen molar-refractivity contribution in [3.05, 3.63) is 71.3 Å². The van der Waals surface area contributed by atoms with Crippen LogP contribution in [0.25, 0.3) is 0 Å². The summed E-state index contributed by atoms with van der Waals surface area (Å²) in [6.07, 6.45) is 6.27. The van der Waals surface area contributed by atoms with Crippen LogP contribution in [0.15, 0.2) is 54.6 Å². The van der Waals surface area contributed by atoms with Gasteiger partial charge >= 0.3 is 0 Å². The summed E-state index contributed by atoms with van der Waals surface area (Å²) in [6.45, 7) is 0. The molecule has 0 nitrogen and oxygen atoms in total. The molecule has 0 amide bonds. The molecule has 0 radical (unpaired) electrons. The highest BCUT2D eigenvalue weighted by molar-refractivity contribution is 6.20. The fraction of sp³-hybridized carbons (Fsp3) is 0.368. The molecule has 0 heterocycles. The van der Waals surface area contributed by atoms with Crippen molar-refractivity contribution in [3.63, 3.8) is 0 Å². The number of rotatable bonds is 5. The number of alkyl halides is 1. The van der Waals surface area contributed by atoms with Gasteiger partial charge in [0.1, 0.15) is 0 Å². The lowest BCUT2D eigenvalue weighted by Gasteiger charge is -2.27. The summed E-state index contributed by atoms with van der Waals surface area (Å²) in [7, 11) is 0. The molecule has 1 aliphatic rings. The van der Waals surface area contributed by atoms with Gasteiger partial charge in [0.25, 0.3) is 0 Å². The van der Waals surface area contributed by atoms with E-state index >= 15 is 0 Å². The minimum atomic E-state index is 0.186. The first kappa shape index (κ1) is 13.7. The van der Waals surface area contributed by atoms with Crippen LogP contribution >= 0.6 is 11.6 Å². The minimum absolute atomic E-state index is 0.186. The van der Waals surface area contributed by atoms with Crippen LogP contribution in [0.3, 0.4) is 0 Å². The smallest absolute Gasteiger partial charge is 0.0587 e. The first-order valence-corrected chi connectivity index (χ1v) is 8.02. The van der Waals surface area contributed by atoms with Crippen LogP contribution in [0.1, 0.15) is 47.8 Å². The average Bonchev–Trinajstić information content (AvgIpc) is 2.44. The Hall–Kier alpha value is -1.27. The molecular weight excluding hydrogens is 264 g/mol. The van der Waals surface area contributed by atoms with Crippen LogP contribution < -0.4 is 0 Å². The van der Waals surface area contributed by atoms with Gasteiger partial charge in [-0.25, -0.2) is 0 Å². The van der Waals surface area contributed by atoms with E-state index in [1.165, 1.54) is 36.0 Å². The van der Waals surface area contributed by atoms with Gasteiger partial charge in [0.2, 0.25) is 0 Å². The predicted molar refractivity (Wildman–Crippen MR) is 86.2 cm³/mol. The van der Waals surface area contributed by atoms with E-state index in [9.17, 15) is 0 Å². The highest BCUT2D eigenvalue weighted by Crippen LogP contribution is 2.37. The lowest BCUT2D eigenvalue weighted by Crippen LogP contribution is -2.12. The fourth-order valence-electron chi connectivity index (χ4n) is 2.83. The summed E-state index contributed by atoms with van der Waals surface area (Å²) in [5, 5.41) is 0.186. The average molecular weight is 285 g/mol. The third-order valence-corrected chi connectivity index (χ3v) is 4.79. The quantitative estimate of drug-likeness (QED) is 0.614. The zero-order chi connectivity index (χ0) is 13.8. The third kappa shape index (κ3) is 3.43. The molecule has 1 heteroatoms. The Labute approximate surface area is 126 Å². The van der Waals surface area contributed by atoms with Crippen molar-refractivity contribution in [1.82, 2.24) is 0 Å². The normalized spacial score (nSPS) is 16.6. The molecule has 0 saturated heterocycles. The topological polar surface area (TPSA) is 0 Å². The summed E-state index contributed by atoms with van der Waals surface area (Å²) in [4.78, 5) is 0. The zero-order valence-electron chi connectivity index (χ0n) is 11.8. The van der Waals surface area contributed by atoms with Crippen LogP contribution in [0.4, 0.5) is 0 Å². The number of hydrogen-bond donors (Lipinski definition) is 0. The van der Waals surface area contributed by atoms with E-state index in [4.69, 9.17) is 11.6 Å². The summed E-state index contributed by atoms with van der Waals surface area (Å²) >= 11 is 6.53. The SMILES string of the molecule is ClC(CC1CCC1)c1ccc(Cc2ccccc2)cc1. The number of benzene rings is 2. The van der Waals surface area contributed by atoms with Crippen molar-refractivity contribution in [2.24, 2.45) is 5.92 Å². The highest BCUT2D eigenvalue weighted by atomic mass is 35.5. The first-order valence-electron chi connectivity index (χ1n) is 7.58. The van der Waals surface area contributed by atoms with E-state index < -0.39 is 0 Å². The molecule has 2 aromatic carbocycles. The van der Waals surface area contributed by atoms with Gasteiger partial charge < -0.3 is 0 Å².